The summed E-state index contributed by atoms with van der Waals surface area (Å²) in [4.78, 5) is 25.5. The van der Waals surface area contributed by atoms with Gasteiger partial charge in [0.1, 0.15) is 23.9 Å². The molecule has 0 atom stereocenters. The molecule has 2 aromatic heterocycles. The zero-order valence-electron chi connectivity index (χ0n) is 17.5. The number of amides is 1. The largest absolute Gasteiger partial charge is 0.496 e. The molecule has 0 unspecified atom stereocenters. The predicted octanol–water partition coefficient (Wildman–Crippen LogP) is 1.93. The van der Waals surface area contributed by atoms with Gasteiger partial charge in [0.25, 0.3) is 5.91 Å². The Bertz CT molecular complexity index is 1120. The molecule has 0 radical (unpaired) electrons. The molecule has 0 saturated heterocycles. The average molecular weight is 422 g/mol. The number of carbonyl (C=O) groups is 1. The van der Waals surface area contributed by atoms with Gasteiger partial charge in [0.15, 0.2) is 0 Å². The highest BCUT2D eigenvalue weighted by Crippen LogP contribution is 2.41. The number of ether oxygens (including phenoxy) is 3. The van der Waals surface area contributed by atoms with Crippen LogP contribution < -0.4 is 14.8 Å². The van der Waals surface area contributed by atoms with Crippen LogP contribution in [-0.2, 0) is 18.2 Å². The number of aromatic nitrogens is 4. The standard InChI is InChI=1S/C21H22N6O4/c1-27-12-13(9-24-27)14-4-5-17(30-3)15-8-18(25-20(14)15)26-21(28)16-10-23-19(11-22-16)31-7-6-29-2/h4-5,9-12H,6-8H2,1-3H3,(H,25,26,28). The van der Waals surface area contributed by atoms with Crippen LogP contribution in [0.15, 0.2) is 41.9 Å². The summed E-state index contributed by atoms with van der Waals surface area (Å²) >= 11 is 0. The lowest BCUT2D eigenvalue weighted by atomic mass is 10.0. The highest BCUT2D eigenvalue weighted by Gasteiger charge is 2.25. The SMILES string of the molecule is COCCOc1cnc(C(=O)NC2=Nc3c(-c4cnn(C)c4)ccc(OC)c3C2)cn1. The maximum atomic E-state index is 12.6. The van der Waals surface area contributed by atoms with Crippen LogP contribution in [0.4, 0.5) is 5.69 Å². The van der Waals surface area contributed by atoms with E-state index < -0.39 is 5.91 Å². The van der Waals surface area contributed by atoms with Crippen molar-refractivity contribution >= 4 is 17.4 Å². The number of amidine groups is 1. The second kappa shape index (κ2) is 8.92. The molecule has 1 amide bonds. The lowest BCUT2D eigenvalue weighted by Crippen LogP contribution is -2.31. The molecule has 0 bridgehead atoms. The molecule has 1 aliphatic rings. The Labute approximate surface area is 178 Å². The van der Waals surface area contributed by atoms with Crippen molar-refractivity contribution in [3.05, 3.63) is 48.2 Å². The molecular weight excluding hydrogens is 400 g/mol. The zero-order valence-corrected chi connectivity index (χ0v) is 17.5. The minimum absolute atomic E-state index is 0.164. The molecule has 10 heteroatoms. The Kier molecular flexibility index (Phi) is 5.89. The number of nitrogens with zero attached hydrogens (tertiary/aromatic N) is 5. The van der Waals surface area contributed by atoms with Gasteiger partial charge in [0.2, 0.25) is 5.88 Å². The van der Waals surface area contributed by atoms with Crippen molar-refractivity contribution in [3.8, 4) is 22.8 Å². The molecule has 1 aliphatic heterocycles. The third kappa shape index (κ3) is 4.38. The van der Waals surface area contributed by atoms with Crippen LogP contribution >= 0.6 is 0 Å². The summed E-state index contributed by atoms with van der Waals surface area (Å²) in [6, 6.07) is 3.84. The zero-order chi connectivity index (χ0) is 21.8. The lowest BCUT2D eigenvalue weighted by molar-refractivity contribution is 0.0971. The van der Waals surface area contributed by atoms with Gasteiger partial charge < -0.3 is 19.5 Å². The van der Waals surface area contributed by atoms with Gasteiger partial charge in [-0.1, -0.05) is 0 Å². The number of hydrogen-bond acceptors (Lipinski definition) is 8. The van der Waals surface area contributed by atoms with Gasteiger partial charge in [-0.15, -0.1) is 0 Å². The fourth-order valence-corrected chi connectivity index (χ4v) is 3.25. The molecule has 3 aromatic rings. The number of aliphatic imine (C=N–C) groups is 1. The Balaban J connectivity index is 1.52. The van der Waals surface area contributed by atoms with Crippen molar-refractivity contribution in [1.82, 2.24) is 25.1 Å². The maximum Gasteiger partial charge on any atom is 0.276 e. The Morgan fingerprint density at radius 2 is 2.03 bits per heavy atom. The number of methoxy groups -OCH3 is 2. The van der Waals surface area contributed by atoms with E-state index in [-0.39, 0.29) is 5.69 Å². The molecular formula is C21H22N6O4. The van der Waals surface area contributed by atoms with E-state index >= 15 is 0 Å². The number of nitrogens with one attached hydrogen (secondary N) is 1. The van der Waals surface area contributed by atoms with Crippen LogP contribution in [0, 0.1) is 0 Å². The van der Waals surface area contributed by atoms with E-state index in [0.29, 0.717) is 37.1 Å². The van der Waals surface area contributed by atoms with E-state index in [2.05, 4.69) is 25.4 Å². The summed E-state index contributed by atoms with van der Waals surface area (Å²) in [5.41, 5.74) is 3.69. The summed E-state index contributed by atoms with van der Waals surface area (Å²) in [6.45, 7) is 0.793. The number of hydrogen-bond donors (Lipinski definition) is 1. The van der Waals surface area contributed by atoms with Gasteiger partial charge in [0, 0.05) is 43.5 Å². The monoisotopic (exact) mass is 422 g/mol. The normalized spacial score (nSPS) is 12.3. The highest BCUT2D eigenvalue weighted by atomic mass is 16.5. The van der Waals surface area contributed by atoms with Crippen molar-refractivity contribution < 1.29 is 19.0 Å². The first kappa shape index (κ1) is 20.5. The predicted molar refractivity (Wildman–Crippen MR) is 113 cm³/mol. The molecule has 0 saturated carbocycles. The highest BCUT2D eigenvalue weighted by molar-refractivity contribution is 6.09. The van der Waals surface area contributed by atoms with Gasteiger partial charge in [-0.25, -0.2) is 15.0 Å². The molecule has 4 rings (SSSR count). The van der Waals surface area contributed by atoms with Gasteiger partial charge >= 0.3 is 0 Å². The van der Waals surface area contributed by atoms with Crippen LogP contribution in [0.25, 0.3) is 11.1 Å². The fourth-order valence-electron chi connectivity index (χ4n) is 3.25. The van der Waals surface area contributed by atoms with Crippen LogP contribution in [0.3, 0.4) is 0 Å². The van der Waals surface area contributed by atoms with Crippen molar-refractivity contribution in [2.24, 2.45) is 12.0 Å². The number of benzene rings is 1. The quantitative estimate of drug-likeness (QED) is 0.579. The number of rotatable bonds is 7. The Hall–Kier alpha value is -3.79. The fraction of sp³-hybridized carbons (Fsp3) is 0.286. The second-order valence-electron chi connectivity index (χ2n) is 6.82. The third-order valence-electron chi connectivity index (χ3n) is 4.72. The van der Waals surface area contributed by atoms with E-state index in [4.69, 9.17) is 14.2 Å². The molecule has 1 N–H and O–H groups in total. The summed E-state index contributed by atoms with van der Waals surface area (Å²) in [6.07, 6.45) is 6.89. The Morgan fingerprint density at radius 3 is 2.71 bits per heavy atom. The van der Waals surface area contributed by atoms with E-state index in [0.717, 1.165) is 22.4 Å². The first-order valence-corrected chi connectivity index (χ1v) is 9.60. The molecule has 31 heavy (non-hydrogen) atoms. The maximum absolute atomic E-state index is 12.6. The minimum Gasteiger partial charge on any atom is -0.496 e. The summed E-state index contributed by atoms with van der Waals surface area (Å²) < 4.78 is 17.5. The van der Waals surface area contributed by atoms with Crippen molar-refractivity contribution in [1.29, 1.82) is 0 Å². The molecule has 0 fully saturated rings. The minimum atomic E-state index is -0.399. The van der Waals surface area contributed by atoms with E-state index in [9.17, 15) is 4.79 Å². The van der Waals surface area contributed by atoms with Crippen LogP contribution in [0.5, 0.6) is 11.6 Å². The second-order valence-corrected chi connectivity index (χ2v) is 6.82. The molecule has 160 valence electrons. The van der Waals surface area contributed by atoms with Crippen molar-refractivity contribution in [2.45, 2.75) is 6.42 Å². The van der Waals surface area contributed by atoms with Gasteiger partial charge in [0.05, 0.1) is 38.0 Å². The topological polar surface area (TPSA) is 113 Å². The Morgan fingerprint density at radius 1 is 1.16 bits per heavy atom. The molecule has 10 nitrogen and oxygen atoms in total. The van der Waals surface area contributed by atoms with Gasteiger partial charge in [-0.3, -0.25) is 9.48 Å². The van der Waals surface area contributed by atoms with Crippen molar-refractivity contribution in [3.63, 3.8) is 0 Å². The lowest BCUT2D eigenvalue weighted by Gasteiger charge is -2.09. The third-order valence-corrected chi connectivity index (χ3v) is 4.72. The average Bonchev–Trinajstić information content (AvgIpc) is 3.39. The first-order valence-electron chi connectivity index (χ1n) is 9.60. The van der Waals surface area contributed by atoms with Crippen LogP contribution in [-0.4, -0.2) is 58.9 Å². The van der Waals surface area contributed by atoms with E-state index in [1.807, 2.05) is 25.4 Å². The van der Waals surface area contributed by atoms with Crippen LogP contribution in [0.1, 0.15) is 16.1 Å². The molecule has 1 aromatic carbocycles. The number of aryl methyl sites for hydroxylation is 1. The smallest absolute Gasteiger partial charge is 0.276 e. The molecule has 0 spiro atoms. The van der Waals surface area contributed by atoms with Crippen molar-refractivity contribution in [2.75, 3.05) is 27.4 Å². The molecule has 0 aliphatic carbocycles. The molecule has 3 heterocycles. The number of carbonyl (C=O) groups excluding carboxylic acids is 1. The first-order chi connectivity index (χ1) is 15.1. The van der Waals surface area contributed by atoms with Gasteiger partial charge in [-0.05, 0) is 12.1 Å². The van der Waals surface area contributed by atoms with Crippen LogP contribution in [0.2, 0.25) is 0 Å². The summed E-state index contributed by atoms with van der Waals surface area (Å²) in [5.74, 6) is 1.15. The van der Waals surface area contributed by atoms with Gasteiger partial charge in [-0.2, -0.15) is 5.10 Å². The van der Waals surface area contributed by atoms with E-state index in [1.165, 1.54) is 12.4 Å². The van der Waals surface area contributed by atoms with E-state index in [1.54, 1.807) is 25.1 Å². The summed E-state index contributed by atoms with van der Waals surface area (Å²) in [7, 11) is 5.06. The summed E-state index contributed by atoms with van der Waals surface area (Å²) in [5, 5.41) is 7.05. The number of fused-ring (bicyclic) bond motifs is 1.